The average Bonchev–Trinajstić information content (AvgIpc) is 2.62. The Kier molecular flexibility index (Phi) is 5.17. The molecule has 138 valence electrons. The minimum Gasteiger partial charge on any atom is -0.465 e. The molecule has 26 heavy (non-hydrogen) atoms. The molecule has 1 saturated heterocycles. The molecular formula is C17H21N5O4. The molecule has 1 aliphatic heterocycles. The largest absolute Gasteiger partial charge is 0.465 e. The van der Waals surface area contributed by atoms with Gasteiger partial charge in [-0.1, -0.05) is 6.07 Å². The highest BCUT2D eigenvalue weighted by atomic mass is 16.5. The van der Waals surface area contributed by atoms with Crippen LogP contribution < -0.4 is 5.73 Å². The summed E-state index contributed by atoms with van der Waals surface area (Å²) in [5.41, 5.74) is 7.44. The van der Waals surface area contributed by atoms with Gasteiger partial charge >= 0.3 is 6.09 Å². The highest BCUT2D eigenvalue weighted by molar-refractivity contribution is 5.89. The van der Waals surface area contributed by atoms with E-state index in [1.165, 1.54) is 18.3 Å². The first-order chi connectivity index (χ1) is 12.5. The summed E-state index contributed by atoms with van der Waals surface area (Å²) < 4.78 is 5.02. The summed E-state index contributed by atoms with van der Waals surface area (Å²) in [7, 11) is 1.53. The quantitative estimate of drug-likeness (QED) is 0.814. The van der Waals surface area contributed by atoms with Crippen LogP contribution in [0.1, 0.15) is 12.0 Å². The number of ether oxygens (including phenoxy) is 1. The van der Waals surface area contributed by atoms with Crippen LogP contribution in [0.15, 0.2) is 24.5 Å². The van der Waals surface area contributed by atoms with E-state index in [-0.39, 0.29) is 12.5 Å². The molecule has 1 aromatic heterocycles. The van der Waals surface area contributed by atoms with Gasteiger partial charge in [-0.05, 0) is 17.7 Å². The number of benzene rings is 1. The summed E-state index contributed by atoms with van der Waals surface area (Å²) in [5.74, 6) is 0.199. The Morgan fingerprint density at radius 3 is 2.92 bits per heavy atom. The Morgan fingerprint density at radius 2 is 2.19 bits per heavy atom. The van der Waals surface area contributed by atoms with E-state index in [2.05, 4.69) is 9.97 Å². The van der Waals surface area contributed by atoms with Gasteiger partial charge in [0.1, 0.15) is 18.2 Å². The van der Waals surface area contributed by atoms with Gasteiger partial charge in [-0.3, -0.25) is 9.69 Å². The van der Waals surface area contributed by atoms with Crippen LogP contribution in [0.5, 0.6) is 0 Å². The molecule has 3 N–H and O–H groups in total. The second-order valence-corrected chi connectivity index (χ2v) is 6.14. The topological polar surface area (TPSA) is 122 Å². The summed E-state index contributed by atoms with van der Waals surface area (Å²) in [6.45, 7) is 1.33. The van der Waals surface area contributed by atoms with Crippen LogP contribution in [0.4, 0.5) is 10.6 Å². The predicted molar refractivity (Wildman–Crippen MR) is 94.4 cm³/mol. The molecule has 1 fully saturated rings. The number of methoxy groups -OCH3 is 1. The summed E-state index contributed by atoms with van der Waals surface area (Å²) in [5, 5.41) is 10.1. The number of fused-ring (bicyclic) bond motifs is 1. The van der Waals surface area contributed by atoms with E-state index in [0.717, 1.165) is 10.9 Å². The Morgan fingerprint density at radius 1 is 1.38 bits per heavy atom. The van der Waals surface area contributed by atoms with Crippen molar-refractivity contribution < 1.29 is 19.4 Å². The lowest BCUT2D eigenvalue weighted by Gasteiger charge is -2.39. The van der Waals surface area contributed by atoms with E-state index in [4.69, 9.17) is 10.5 Å². The number of nitrogens with zero attached hydrogens (tertiary/aromatic N) is 4. The van der Waals surface area contributed by atoms with Gasteiger partial charge in [0.25, 0.3) is 0 Å². The Balaban J connectivity index is 1.79. The zero-order chi connectivity index (χ0) is 18.7. The van der Waals surface area contributed by atoms with Crippen molar-refractivity contribution in [2.24, 2.45) is 0 Å². The van der Waals surface area contributed by atoms with E-state index in [0.29, 0.717) is 37.5 Å². The lowest BCUT2D eigenvalue weighted by molar-refractivity contribution is -0.142. The molecule has 9 nitrogen and oxygen atoms in total. The van der Waals surface area contributed by atoms with Crippen molar-refractivity contribution in [3.05, 3.63) is 30.1 Å². The second kappa shape index (κ2) is 7.52. The van der Waals surface area contributed by atoms with Crippen LogP contribution in [0.3, 0.4) is 0 Å². The summed E-state index contributed by atoms with van der Waals surface area (Å²) >= 11 is 0. The molecule has 0 saturated carbocycles. The number of anilines is 1. The van der Waals surface area contributed by atoms with Gasteiger partial charge in [-0.25, -0.2) is 14.8 Å². The van der Waals surface area contributed by atoms with Crippen LogP contribution in [0, 0.1) is 0 Å². The lowest BCUT2D eigenvalue weighted by Crippen LogP contribution is -2.58. The lowest BCUT2D eigenvalue weighted by atomic mass is 10.1. The van der Waals surface area contributed by atoms with Crippen LogP contribution in [-0.4, -0.2) is 69.7 Å². The zero-order valence-corrected chi connectivity index (χ0v) is 14.5. The molecule has 9 heteroatoms. The maximum Gasteiger partial charge on any atom is 0.408 e. The molecule has 1 aromatic carbocycles. The molecule has 2 amide bonds. The molecule has 0 spiro atoms. The van der Waals surface area contributed by atoms with Crippen molar-refractivity contribution in [1.82, 2.24) is 19.8 Å². The number of carbonyl (C=O) groups is 2. The molecular weight excluding hydrogens is 338 g/mol. The summed E-state index contributed by atoms with van der Waals surface area (Å²) in [6, 6.07) is 4.86. The van der Waals surface area contributed by atoms with Crippen LogP contribution in [0.2, 0.25) is 0 Å². The maximum atomic E-state index is 12.8. The zero-order valence-electron chi connectivity index (χ0n) is 14.5. The number of carboxylic acid groups (broad SMARTS) is 1. The van der Waals surface area contributed by atoms with Gasteiger partial charge < -0.3 is 20.5 Å². The highest BCUT2D eigenvalue weighted by Gasteiger charge is 2.37. The number of piperazine rings is 1. The molecule has 1 aliphatic rings. The maximum absolute atomic E-state index is 12.8. The predicted octanol–water partition coefficient (Wildman–Crippen LogP) is 0.939. The van der Waals surface area contributed by atoms with Gasteiger partial charge in [-0.15, -0.1) is 0 Å². The first-order valence-electron chi connectivity index (χ1n) is 8.27. The Labute approximate surface area is 150 Å². The van der Waals surface area contributed by atoms with Crippen molar-refractivity contribution >= 4 is 28.7 Å². The third-order valence-electron chi connectivity index (χ3n) is 4.53. The molecule has 2 heterocycles. The number of amides is 2. The van der Waals surface area contributed by atoms with Crippen molar-refractivity contribution in [2.75, 3.05) is 32.5 Å². The number of hydrogen-bond donors (Lipinski definition) is 2. The minimum absolute atomic E-state index is 0.210. The Bertz CT molecular complexity index is 828. The van der Waals surface area contributed by atoms with Crippen LogP contribution >= 0.6 is 0 Å². The van der Waals surface area contributed by atoms with Gasteiger partial charge in [0, 0.05) is 45.2 Å². The minimum atomic E-state index is -1.09. The number of rotatable bonds is 5. The van der Waals surface area contributed by atoms with Crippen molar-refractivity contribution in [1.29, 1.82) is 0 Å². The average molecular weight is 359 g/mol. The molecule has 0 aliphatic carbocycles. The third kappa shape index (κ3) is 3.52. The van der Waals surface area contributed by atoms with Gasteiger partial charge in [0.15, 0.2) is 0 Å². The fraction of sp³-hybridized carbons (Fsp3) is 0.412. The van der Waals surface area contributed by atoms with Gasteiger partial charge in [-0.2, -0.15) is 0 Å². The molecule has 1 atom stereocenters. The van der Waals surface area contributed by atoms with E-state index in [1.54, 1.807) is 4.90 Å². The number of nitrogens with two attached hydrogens (primary N) is 1. The normalized spacial score (nSPS) is 17.7. The smallest absolute Gasteiger partial charge is 0.408 e. The number of nitrogen functional groups attached to an aromatic ring is 1. The van der Waals surface area contributed by atoms with Crippen molar-refractivity contribution in [3.63, 3.8) is 0 Å². The van der Waals surface area contributed by atoms with Crippen molar-refractivity contribution in [3.8, 4) is 0 Å². The second-order valence-electron chi connectivity index (χ2n) is 6.14. The fourth-order valence-electron chi connectivity index (χ4n) is 3.18. The summed E-state index contributed by atoms with van der Waals surface area (Å²) in [6.07, 6.45) is 0.649. The molecule has 0 bridgehead atoms. The van der Waals surface area contributed by atoms with Gasteiger partial charge in [0.2, 0.25) is 5.91 Å². The van der Waals surface area contributed by atoms with E-state index >= 15 is 0 Å². The number of carbonyl (C=O) groups excluding carboxylic acids is 1. The van der Waals surface area contributed by atoms with E-state index in [1.807, 2.05) is 18.2 Å². The fourth-order valence-corrected chi connectivity index (χ4v) is 3.18. The monoisotopic (exact) mass is 359 g/mol. The first kappa shape index (κ1) is 17.9. The highest BCUT2D eigenvalue weighted by Crippen LogP contribution is 2.21. The third-order valence-corrected chi connectivity index (χ3v) is 4.53. The number of aromatic nitrogens is 2. The number of hydrogen-bond acceptors (Lipinski definition) is 6. The molecule has 2 aromatic rings. The standard InChI is InChI=1S/C17H21N5O4/c1-26-7-4-14-16(23)21(5-6-22(14)17(24)25)9-11-2-3-12-13(8-11)19-10-20-15(12)18/h2-3,8,10,14H,4-7,9H2,1H3,(H,24,25)(H2,18,19,20)/t14-/m0/s1. The van der Waals surface area contributed by atoms with E-state index < -0.39 is 12.1 Å². The van der Waals surface area contributed by atoms with Crippen LogP contribution in [-0.2, 0) is 16.1 Å². The molecule has 3 rings (SSSR count). The SMILES string of the molecule is COCC[C@H]1C(=O)N(Cc2ccc3c(N)ncnc3c2)CCN1C(=O)O. The molecule has 0 radical (unpaired) electrons. The van der Waals surface area contributed by atoms with Crippen molar-refractivity contribution in [2.45, 2.75) is 19.0 Å². The van der Waals surface area contributed by atoms with Crippen LogP contribution in [0.25, 0.3) is 10.9 Å². The summed E-state index contributed by atoms with van der Waals surface area (Å²) in [4.78, 5) is 35.2. The Hall–Kier alpha value is -2.94. The molecule has 0 unspecified atom stereocenters. The van der Waals surface area contributed by atoms with Gasteiger partial charge in [0.05, 0.1) is 5.52 Å². The first-order valence-corrected chi connectivity index (χ1v) is 8.27. The van der Waals surface area contributed by atoms with E-state index in [9.17, 15) is 14.7 Å².